The Morgan fingerprint density at radius 3 is 1.18 bits per heavy atom. The molecule has 0 aliphatic carbocycles. The Balaban J connectivity index is -0.0000000300. The van der Waals surface area contributed by atoms with E-state index in [0.717, 1.165) is 0 Å². The Labute approximate surface area is 81.4 Å². The molecule has 0 spiro atoms. The van der Waals surface area contributed by atoms with Crippen LogP contribution in [0.5, 0.6) is 0 Å². The third-order valence-corrected chi connectivity index (χ3v) is 0.231. The van der Waals surface area contributed by atoms with Crippen molar-refractivity contribution in [3.8, 4) is 0 Å². The van der Waals surface area contributed by atoms with Gasteiger partial charge in [-0.3, -0.25) is 0 Å². The average molecular weight is 190 g/mol. The largest absolute Gasteiger partial charge is 1.00 e. The predicted molar refractivity (Wildman–Crippen MR) is 21.9 cm³/mol. The second-order valence-corrected chi connectivity index (χ2v) is 0.785. The molecule has 0 saturated carbocycles. The molecule has 0 aromatic rings. The second kappa shape index (κ2) is 10.1. The van der Waals surface area contributed by atoms with Crippen molar-refractivity contribution in [1.29, 1.82) is 0 Å². The molecule has 66 valence electrons. The van der Waals surface area contributed by atoms with Gasteiger partial charge in [-0.25, -0.2) is 0 Å². The summed E-state index contributed by atoms with van der Waals surface area (Å²) in [5.74, 6) is -3.01. The maximum atomic E-state index is 10.5. The van der Waals surface area contributed by atoms with Gasteiger partial charge in [-0.15, -0.1) is 0 Å². The quantitative estimate of drug-likeness (QED) is 0.351. The Kier molecular flexibility index (Phi) is 28.0. The van der Waals surface area contributed by atoms with Gasteiger partial charge in [0.2, 0.25) is 0 Å². The fraction of sp³-hybridized carbons (Fsp3) is 0.500. The van der Waals surface area contributed by atoms with E-state index < -0.39 is 12.1 Å². The number of aliphatic carboxylic acids is 1. The number of hydrogen-bond acceptors (Lipinski definition) is 2. The summed E-state index contributed by atoms with van der Waals surface area (Å²) in [5.41, 5.74) is 0. The number of carbonyl (C=O) groups is 1. The molecule has 0 aliphatic rings. The van der Waals surface area contributed by atoms with Crippen LogP contribution in [0.3, 0.4) is 0 Å². The fourth-order valence-corrected chi connectivity index (χ4v) is 0. The zero-order chi connectivity index (χ0) is 6.08. The number of rotatable bonds is 0. The molecule has 0 atom stereocenters. The van der Waals surface area contributed by atoms with Crippen molar-refractivity contribution in [1.82, 2.24) is 0 Å². The van der Waals surface area contributed by atoms with Crippen molar-refractivity contribution in [2.24, 2.45) is 0 Å². The molecular weight excluding hydrogens is 184 g/mol. The van der Waals surface area contributed by atoms with E-state index in [9.17, 15) is 13.2 Å². The van der Waals surface area contributed by atoms with E-state index in [-0.39, 0.29) is 46.0 Å². The molecule has 0 fully saturated rings. The molecule has 5 nitrogen and oxygen atoms in total. The van der Waals surface area contributed by atoms with Gasteiger partial charge in [0.05, 0.1) is 0 Å². The maximum absolute atomic E-state index is 10.5. The SMILES string of the molecule is O.O.O.O=C([O-])C(F)(F)F.[Na+]. The molecule has 0 radical (unpaired) electrons. The number of carbonyl (C=O) groups excluding carboxylic acids is 1. The molecule has 0 bridgehead atoms. The average Bonchev–Trinajstić information content (AvgIpc) is 1.31. The van der Waals surface area contributed by atoms with Crippen LogP contribution in [-0.4, -0.2) is 28.6 Å². The summed E-state index contributed by atoms with van der Waals surface area (Å²) in [6.07, 6.45) is -5.19. The second-order valence-electron chi connectivity index (χ2n) is 0.785. The molecule has 6 N–H and O–H groups in total. The van der Waals surface area contributed by atoms with Crippen LogP contribution in [0.1, 0.15) is 0 Å². The predicted octanol–water partition coefficient (Wildman–Crippen LogP) is -6.17. The number of halogens is 3. The monoisotopic (exact) mass is 190 g/mol. The van der Waals surface area contributed by atoms with Crippen LogP contribution in [0.2, 0.25) is 0 Å². The van der Waals surface area contributed by atoms with Crippen molar-refractivity contribution < 1.29 is 69.1 Å². The van der Waals surface area contributed by atoms with Gasteiger partial charge in [-0.2, -0.15) is 13.2 Å². The van der Waals surface area contributed by atoms with Gasteiger partial charge >= 0.3 is 35.7 Å². The van der Waals surface area contributed by atoms with Crippen LogP contribution in [0.15, 0.2) is 0 Å². The minimum atomic E-state index is -5.19. The minimum Gasteiger partial charge on any atom is -0.542 e. The maximum Gasteiger partial charge on any atom is 1.00 e. The van der Waals surface area contributed by atoms with E-state index in [0.29, 0.717) is 0 Å². The molecule has 0 unspecified atom stereocenters. The third-order valence-electron chi connectivity index (χ3n) is 0.231. The van der Waals surface area contributed by atoms with Crippen LogP contribution in [-0.2, 0) is 4.79 Å². The minimum absolute atomic E-state index is 0. The number of alkyl halides is 3. The first kappa shape index (κ1) is 30.4. The van der Waals surface area contributed by atoms with Gasteiger partial charge < -0.3 is 26.3 Å². The molecule has 0 amide bonds. The first-order chi connectivity index (χ1) is 2.94. The van der Waals surface area contributed by atoms with Crippen molar-refractivity contribution in [3.05, 3.63) is 0 Å². The molecule has 9 heteroatoms. The van der Waals surface area contributed by atoms with Crippen molar-refractivity contribution >= 4 is 5.97 Å². The summed E-state index contributed by atoms with van der Waals surface area (Å²) in [7, 11) is 0. The van der Waals surface area contributed by atoms with Crippen LogP contribution in [0.25, 0.3) is 0 Å². The summed E-state index contributed by atoms with van der Waals surface area (Å²) >= 11 is 0. The zero-order valence-corrected chi connectivity index (χ0v) is 7.45. The van der Waals surface area contributed by atoms with Crippen LogP contribution >= 0.6 is 0 Å². The van der Waals surface area contributed by atoms with Crippen molar-refractivity contribution in [2.75, 3.05) is 0 Å². The van der Waals surface area contributed by atoms with E-state index in [2.05, 4.69) is 0 Å². The summed E-state index contributed by atoms with van der Waals surface area (Å²) in [5, 5.41) is 8.78. The van der Waals surface area contributed by atoms with Crippen LogP contribution < -0.4 is 34.7 Å². The van der Waals surface area contributed by atoms with Crippen LogP contribution in [0.4, 0.5) is 13.2 Å². The Morgan fingerprint density at radius 2 is 1.18 bits per heavy atom. The molecule has 11 heavy (non-hydrogen) atoms. The van der Waals surface area contributed by atoms with E-state index in [1.165, 1.54) is 0 Å². The standard InChI is InChI=1S/C2HF3O2.Na.3H2O/c3-2(4,5)1(6)7;;;;/h(H,6,7);;3*1H2/q;+1;;;/p-1. The Hall–Kier alpha value is 0.140. The van der Waals surface area contributed by atoms with Gasteiger partial charge in [0.15, 0.2) is 0 Å². The van der Waals surface area contributed by atoms with E-state index in [1.54, 1.807) is 0 Å². The smallest absolute Gasteiger partial charge is 0.542 e. The van der Waals surface area contributed by atoms with Crippen LogP contribution in [0, 0.1) is 0 Å². The Morgan fingerprint density at radius 1 is 1.09 bits per heavy atom. The molecule has 0 aromatic carbocycles. The summed E-state index contributed by atoms with van der Waals surface area (Å²) in [4.78, 5) is 8.78. The molecular formula is C2H6F3NaO5. The Bertz CT molecular complexity index is 92.2. The first-order valence-electron chi connectivity index (χ1n) is 1.23. The normalized spacial score (nSPS) is 7.18. The van der Waals surface area contributed by atoms with Gasteiger partial charge in [0.25, 0.3) is 0 Å². The third kappa shape index (κ3) is 17.8. The number of carboxylic acid groups (broad SMARTS) is 1. The van der Waals surface area contributed by atoms with Gasteiger partial charge in [0, 0.05) is 0 Å². The molecule has 0 heterocycles. The molecule has 0 aliphatic heterocycles. The topological polar surface area (TPSA) is 135 Å². The first-order valence-corrected chi connectivity index (χ1v) is 1.23. The summed E-state index contributed by atoms with van der Waals surface area (Å²) < 4.78 is 31.5. The molecule has 0 aromatic heterocycles. The zero-order valence-electron chi connectivity index (χ0n) is 5.45. The van der Waals surface area contributed by atoms with Crippen molar-refractivity contribution in [3.63, 3.8) is 0 Å². The van der Waals surface area contributed by atoms with E-state index in [4.69, 9.17) is 9.90 Å². The van der Waals surface area contributed by atoms with Gasteiger partial charge in [-0.1, -0.05) is 0 Å². The summed E-state index contributed by atoms with van der Waals surface area (Å²) in [6, 6.07) is 0. The fourth-order valence-electron chi connectivity index (χ4n) is 0. The van der Waals surface area contributed by atoms with Gasteiger partial charge in [0.1, 0.15) is 5.97 Å². The van der Waals surface area contributed by atoms with E-state index in [1.807, 2.05) is 0 Å². The van der Waals surface area contributed by atoms with Crippen molar-refractivity contribution in [2.45, 2.75) is 6.18 Å². The van der Waals surface area contributed by atoms with Gasteiger partial charge in [-0.05, 0) is 0 Å². The molecule has 0 saturated heterocycles. The molecule has 0 rings (SSSR count). The summed E-state index contributed by atoms with van der Waals surface area (Å²) in [6.45, 7) is 0. The van der Waals surface area contributed by atoms with E-state index >= 15 is 0 Å². The number of carboxylic acids is 1. The number of hydrogen-bond donors (Lipinski definition) is 0.